The second-order valence-electron chi connectivity index (χ2n) is 5.72. The van der Waals surface area contributed by atoms with Crippen LogP contribution in [-0.2, 0) is 6.54 Å². The predicted octanol–water partition coefficient (Wildman–Crippen LogP) is 3.03. The number of rotatable bonds is 5. The van der Waals surface area contributed by atoms with Crippen LogP contribution in [-0.4, -0.2) is 30.8 Å². The van der Waals surface area contributed by atoms with E-state index in [2.05, 4.69) is 37.6 Å². The molecular weight excluding hydrogens is 328 g/mol. The smallest absolute Gasteiger partial charge is 0.177 e. The zero-order valence-electron chi connectivity index (χ0n) is 13.8. The van der Waals surface area contributed by atoms with Gasteiger partial charge in [0.15, 0.2) is 17.0 Å². The summed E-state index contributed by atoms with van der Waals surface area (Å²) in [5.74, 6) is 0.719. The molecule has 2 aromatic heterocycles. The maximum atomic E-state index is 9.48. The van der Waals surface area contributed by atoms with E-state index in [4.69, 9.17) is 0 Å². The second-order valence-corrected chi connectivity index (χ2v) is 5.72. The molecule has 4 aromatic rings. The average molecular weight is 344 g/mol. The number of anilines is 1. The molecule has 0 atom stereocenters. The van der Waals surface area contributed by atoms with Crippen LogP contribution in [0.2, 0.25) is 0 Å². The van der Waals surface area contributed by atoms with E-state index >= 15 is 0 Å². The number of aromatic hydroxyl groups is 1. The molecule has 0 unspecified atom stereocenters. The molecule has 0 spiro atoms. The summed E-state index contributed by atoms with van der Waals surface area (Å²) < 4.78 is 1.97. The Labute approximate surface area is 149 Å². The Balaban J connectivity index is 1.57. The number of fused-ring (bicyclic) bond motifs is 1. The van der Waals surface area contributed by atoms with Crippen LogP contribution in [0.1, 0.15) is 11.1 Å². The predicted molar refractivity (Wildman–Crippen MR) is 100 cm³/mol. The highest BCUT2D eigenvalue weighted by Crippen LogP contribution is 2.18. The van der Waals surface area contributed by atoms with E-state index < -0.39 is 0 Å². The summed E-state index contributed by atoms with van der Waals surface area (Å²) in [5, 5.41) is 13.6. The van der Waals surface area contributed by atoms with E-state index in [-0.39, 0.29) is 5.75 Å². The summed E-state index contributed by atoms with van der Waals surface area (Å²) in [6, 6.07) is 17.0. The van der Waals surface area contributed by atoms with Crippen molar-refractivity contribution in [3.8, 4) is 5.75 Å². The Morgan fingerprint density at radius 1 is 1.04 bits per heavy atom. The number of imidazole rings is 1. The third-order valence-electron chi connectivity index (χ3n) is 3.85. The molecule has 128 valence electrons. The monoisotopic (exact) mass is 344 g/mol. The molecular formula is C19H16N6O. The highest BCUT2D eigenvalue weighted by Gasteiger charge is 2.09. The zero-order valence-corrected chi connectivity index (χ0v) is 13.8. The van der Waals surface area contributed by atoms with E-state index in [1.54, 1.807) is 30.7 Å². The van der Waals surface area contributed by atoms with Gasteiger partial charge in [-0.15, -0.1) is 0 Å². The van der Waals surface area contributed by atoms with E-state index in [1.807, 2.05) is 28.8 Å². The summed E-state index contributed by atoms with van der Waals surface area (Å²) in [5.41, 5.74) is 6.22. The maximum Gasteiger partial charge on any atom is 0.177 e. The quantitative estimate of drug-likeness (QED) is 0.429. The van der Waals surface area contributed by atoms with Gasteiger partial charge < -0.3 is 9.67 Å². The molecule has 2 aromatic carbocycles. The Kier molecular flexibility index (Phi) is 4.26. The van der Waals surface area contributed by atoms with Crippen LogP contribution in [0.3, 0.4) is 0 Å². The van der Waals surface area contributed by atoms with Crippen LogP contribution in [0, 0.1) is 0 Å². The van der Waals surface area contributed by atoms with Gasteiger partial charge in [0.25, 0.3) is 0 Å². The van der Waals surface area contributed by atoms with Crippen molar-refractivity contribution in [3.63, 3.8) is 0 Å². The molecule has 0 aliphatic carbocycles. The molecule has 0 radical (unpaired) electrons. The molecule has 4 rings (SSSR count). The number of hydrogen-bond donors (Lipinski definition) is 2. The number of hydrazone groups is 1. The first-order chi connectivity index (χ1) is 12.8. The van der Waals surface area contributed by atoms with E-state index in [9.17, 15) is 5.11 Å². The first kappa shape index (κ1) is 15.8. The van der Waals surface area contributed by atoms with Gasteiger partial charge in [-0.25, -0.2) is 15.0 Å². The molecule has 0 aliphatic heterocycles. The number of hydrogen-bond acceptors (Lipinski definition) is 6. The van der Waals surface area contributed by atoms with Gasteiger partial charge >= 0.3 is 0 Å². The standard InChI is InChI=1S/C19H16N6O/c26-16-8-4-7-15(9-16)10-23-24-18-17-19(21-12-20-18)25(13-22-17)11-14-5-2-1-3-6-14/h1-10,12-13,26H,11H2,(H,20,21,24)/b23-10+. The lowest BCUT2D eigenvalue weighted by molar-refractivity contribution is 0.475. The van der Waals surface area contributed by atoms with Crippen LogP contribution in [0.15, 0.2) is 72.4 Å². The fourth-order valence-electron chi connectivity index (χ4n) is 2.63. The minimum absolute atomic E-state index is 0.193. The SMILES string of the molecule is Oc1cccc(/C=N/Nc2ncnc3c2ncn3Cc2ccccc2)c1. The topological polar surface area (TPSA) is 88.2 Å². The summed E-state index contributed by atoms with van der Waals surface area (Å²) in [7, 11) is 0. The minimum atomic E-state index is 0.193. The lowest BCUT2D eigenvalue weighted by Crippen LogP contribution is -2.00. The highest BCUT2D eigenvalue weighted by atomic mass is 16.3. The van der Waals surface area contributed by atoms with Gasteiger partial charge in [0, 0.05) is 0 Å². The minimum Gasteiger partial charge on any atom is -0.508 e. The second kappa shape index (κ2) is 7.02. The first-order valence-corrected chi connectivity index (χ1v) is 8.07. The molecule has 7 heteroatoms. The zero-order chi connectivity index (χ0) is 17.8. The molecule has 2 N–H and O–H groups in total. The third-order valence-corrected chi connectivity index (χ3v) is 3.85. The maximum absolute atomic E-state index is 9.48. The van der Waals surface area contributed by atoms with E-state index in [0.717, 1.165) is 11.2 Å². The van der Waals surface area contributed by atoms with Crippen LogP contribution in [0.5, 0.6) is 5.75 Å². The normalized spacial score (nSPS) is 11.2. The molecule has 0 aliphatic rings. The summed E-state index contributed by atoms with van der Waals surface area (Å²) in [6.45, 7) is 0.681. The van der Waals surface area contributed by atoms with Gasteiger partial charge in [-0.2, -0.15) is 5.10 Å². The van der Waals surface area contributed by atoms with Crippen molar-refractivity contribution in [3.05, 3.63) is 78.4 Å². The van der Waals surface area contributed by atoms with Gasteiger partial charge in [0.1, 0.15) is 12.1 Å². The molecule has 0 saturated heterocycles. The fraction of sp³-hybridized carbons (Fsp3) is 0.0526. The van der Waals surface area contributed by atoms with Crippen molar-refractivity contribution in [1.29, 1.82) is 0 Å². The van der Waals surface area contributed by atoms with Gasteiger partial charge in [-0.1, -0.05) is 42.5 Å². The lowest BCUT2D eigenvalue weighted by atomic mass is 10.2. The van der Waals surface area contributed by atoms with Crippen LogP contribution in [0.4, 0.5) is 5.82 Å². The average Bonchev–Trinajstić information content (AvgIpc) is 3.07. The molecule has 7 nitrogen and oxygen atoms in total. The number of phenolic OH excluding ortho intramolecular Hbond substituents is 1. The van der Waals surface area contributed by atoms with Crippen LogP contribution < -0.4 is 5.43 Å². The number of nitrogens with one attached hydrogen (secondary N) is 1. The highest BCUT2D eigenvalue weighted by molar-refractivity contribution is 5.84. The number of aromatic nitrogens is 4. The van der Waals surface area contributed by atoms with Gasteiger partial charge in [-0.3, -0.25) is 5.43 Å². The largest absolute Gasteiger partial charge is 0.508 e. The van der Waals surface area contributed by atoms with Crippen molar-refractivity contribution in [2.45, 2.75) is 6.54 Å². The van der Waals surface area contributed by atoms with Crippen molar-refractivity contribution >= 4 is 23.2 Å². The molecule has 0 amide bonds. The molecule has 0 saturated carbocycles. The van der Waals surface area contributed by atoms with Gasteiger partial charge in [0.2, 0.25) is 0 Å². The first-order valence-electron chi connectivity index (χ1n) is 8.07. The Morgan fingerprint density at radius 3 is 2.77 bits per heavy atom. The number of phenols is 1. The molecule has 2 heterocycles. The summed E-state index contributed by atoms with van der Waals surface area (Å²) in [4.78, 5) is 13.0. The summed E-state index contributed by atoms with van der Waals surface area (Å²) >= 11 is 0. The third kappa shape index (κ3) is 3.36. The van der Waals surface area contributed by atoms with Crippen LogP contribution >= 0.6 is 0 Å². The Hall–Kier alpha value is -3.74. The lowest BCUT2D eigenvalue weighted by Gasteiger charge is -2.04. The van der Waals surface area contributed by atoms with Crippen molar-refractivity contribution in [2.75, 3.05) is 5.43 Å². The molecule has 0 fully saturated rings. The van der Waals surface area contributed by atoms with Crippen molar-refractivity contribution in [2.24, 2.45) is 5.10 Å². The number of nitrogens with zero attached hydrogens (tertiary/aromatic N) is 5. The van der Waals surface area contributed by atoms with Gasteiger partial charge in [-0.05, 0) is 23.3 Å². The van der Waals surface area contributed by atoms with Crippen LogP contribution in [0.25, 0.3) is 11.2 Å². The van der Waals surface area contributed by atoms with Crippen molar-refractivity contribution < 1.29 is 5.11 Å². The van der Waals surface area contributed by atoms with E-state index in [0.29, 0.717) is 17.9 Å². The molecule has 0 bridgehead atoms. The van der Waals surface area contributed by atoms with Gasteiger partial charge in [0.05, 0.1) is 19.1 Å². The van der Waals surface area contributed by atoms with E-state index in [1.165, 1.54) is 11.9 Å². The number of benzene rings is 2. The Morgan fingerprint density at radius 2 is 1.92 bits per heavy atom. The molecule has 26 heavy (non-hydrogen) atoms. The fourth-order valence-corrected chi connectivity index (χ4v) is 2.63. The van der Waals surface area contributed by atoms with Crippen molar-refractivity contribution in [1.82, 2.24) is 19.5 Å². The summed E-state index contributed by atoms with van der Waals surface area (Å²) in [6.07, 6.45) is 4.84. The Bertz CT molecular complexity index is 1060.